The van der Waals surface area contributed by atoms with Crippen molar-refractivity contribution in [2.45, 2.75) is 72.3 Å². The number of fused-ring (bicyclic) bond motifs is 2. The summed E-state index contributed by atoms with van der Waals surface area (Å²) < 4.78 is 6.02. The molecule has 0 aromatic heterocycles. The summed E-state index contributed by atoms with van der Waals surface area (Å²) in [5, 5.41) is 0. The fourth-order valence-corrected chi connectivity index (χ4v) is 4.85. The van der Waals surface area contributed by atoms with E-state index < -0.39 is 0 Å². The van der Waals surface area contributed by atoms with Gasteiger partial charge >= 0.3 is 5.97 Å². The Morgan fingerprint density at radius 2 is 2.05 bits per heavy atom. The lowest BCUT2D eigenvalue weighted by Gasteiger charge is -2.44. The molecule has 5 atom stereocenters. The van der Waals surface area contributed by atoms with E-state index in [1.54, 1.807) is 0 Å². The molecule has 118 valence electrons. The summed E-state index contributed by atoms with van der Waals surface area (Å²) in [7, 11) is 0. The van der Waals surface area contributed by atoms with Crippen molar-refractivity contribution in [3.63, 3.8) is 0 Å². The average molecular weight is 290 g/mol. The predicted octanol–water partition coefficient (Wildman–Crippen LogP) is 4.74. The second-order valence-corrected chi connectivity index (χ2v) is 8.60. The van der Waals surface area contributed by atoms with Crippen LogP contribution in [-0.4, -0.2) is 12.1 Å². The van der Waals surface area contributed by atoms with Gasteiger partial charge in [0, 0.05) is 0 Å². The first-order valence-electron chi connectivity index (χ1n) is 8.73. The Morgan fingerprint density at radius 3 is 2.57 bits per heavy atom. The molecule has 0 aromatic rings. The minimum atomic E-state index is -0.264. The van der Waals surface area contributed by atoms with Gasteiger partial charge < -0.3 is 4.74 Å². The first-order valence-corrected chi connectivity index (χ1v) is 8.73. The van der Waals surface area contributed by atoms with Crippen molar-refractivity contribution in [2.75, 3.05) is 0 Å². The van der Waals surface area contributed by atoms with E-state index in [1.165, 1.54) is 6.42 Å². The fourth-order valence-electron chi connectivity index (χ4n) is 4.85. The lowest BCUT2D eigenvalue weighted by molar-refractivity contribution is -0.163. The van der Waals surface area contributed by atoms with Crippen LogP contribution in [0.4, 0.5) is 0 Å². The number of rotatable bonds is 3. The number of hydrogen-bond donors (Lipinski definition) is 0. The molecule has 2 heteroatoms. The number of carbonyl (C=O) groups is 1. The van der Waals surface area contributed by atoms with E-state index in [0.717, 1.165) is 32.1 Å². The van der Waals surface area contributed by atoms with Gasteiger partial charge in [0.2, 0.25) is 0 Å². The maximum atomic E-state index is 12.7. The highest BCUT2D eigenvalue weighted by atomic mass is 16.5. The van der Waals surface area contributed by atoms with Crippen molar-refractivity contribution in [3.8, 4) is 0 Å². The summed E-state index contributed by atoms with van der Waals surface area (Å²) in [6, 6.07) is 0. The first-order chi connectivity index (χ1) is 9.83. The fraction of sp³-hybridized carbons (Fsp3) is 0.842. The standard InChI is InChI=1S/C19H30O2/c1-13(2)18(4)10-14(3)9-16(12-18)21-17(20)19-7-5-15(11-19)6-8-19/h5,7,13-16H,6,8-12H2,1-4H3. The number of carbonyl (C=O) groups excluding carboxylic acids is 1. The topological polar surface area (TPSA) is 26.3 Å². The SMILES string of the molecule is CC1CC(OC(=O)C23C=CC(CC2)C3)CC(C)(C(C)C)C1. The van der Waals surface area contributed by atoms with Crippen molar-refractivity contribution >= 4 is 5.97 Å². The van der Waals surface area contributed by atoms with Gasteiger partial charge in [-0.15, -0.1) is 0 Å². The van der Waals surface area contributed by atoms with Crippen molar-refractivity contribution in [2.24, 2.45) is 28.6 Å². The van der Waals surface area contributed by atoms with Crippen LogP contribution >= 0.6 is 0 Å². The zero-order valence-electron chi connectivity index (χ0n) is 14.0. The van der Waals surface area contributed by atoms with Gasteiger partial charge in [-0.25, -0.2) is 0 Å². The Hall–Kier alpha value is -0.790. The van der Waals surface area contributed by atoms with Crippen molar-refractivity contribution < 1.29 is 9.53 Å². The van der Waals surface area contributed by atoms with Gasteiger partial charge in [0.05, 0.1) is 5.41 Å². The van der Waals surface area contributed by atoms with Crippen LogP contribution in [0.2, 0.25) is 0 Å². The zero-order valence-corrected chi connectivity index (χ0v) is 14.0. The Balaban J connectivity index is 1.67. The summed E-state index contributed by atoms with van der Waals surface area (Å²) in [6.45, 7) is 9.28. The normalized spacial score (nSPS) is 45.3. The smallest absolute Gasteiger partial charge is 0.316 e. The Bertz CT molecular complexity index is 452. The lowest BCUT2D eigenvalue weighted by atomic mass is 9.64. The molecule has 0 saturated heterocycles. The molecule has 2 bridgehead atoms. The van der Waals surface area contributed by atoms with Crippen LogP contribution in [0.3, 0.4) is 0 Å². The average Bonchev–Trinajstić information content (AvgIpc) is 2.99. The molecule has 5 unspecified atom stereocenters. The predicted molar refractivity (Wildman–Crippen MR) is 84.8 cm³/mol. The maximum Gasteiger partial charge on any atom is 0.316 e. The van der Waals surface area contributed by atoms with Crippen LogP contribution < -0.4 is 0 Å². The largest absolute Gasteiger partial charge is 0.462 e. The molecule has 0 spiro atoms. The van der Waals surface area contributed by atoms with E-state index in [1.807, 2.05) is 0 Å². The highest BCUT2D eigenvalue weighted by Crippen LogP contribution is 2.51. The molecular formula is C19H30O2. The van der Waals surface area contributed by atoms with Gasteiger partial charge in [0.25, 0.3) is 0 Å². The maximum absolute atomic E-state index is 12.7. The molecule has 2 nitrogen and oxygen atoms in total. The van der Waals surface area contributed by atoms with Gasteiger partial charge in [-0.2, -0.15) is 0 Å². The third-order valence-electron chi connectivity index (χ3n) is 6.52. The van der Waals surface area contributed by atoms with Crippen molar-refractivity contribution in [1.29, 1.82) is 0 Å². The number of hydrogen-bond acceptors (Lipinski definition) is 2. The van der Waals surface area contributed by atoms with Gasteiger partial charge in [0.15, 0.2) is 0 Å². The Labute approximate surface area is 129 Å². The lowest BCUT2D eigenvalue weighted by Crippen LogP contribution is -2.40. The summed E-state index contributed by atoms with van der Waals surface area (Å²) >= 11 is 0. The summed E-state index contributed by atoms with van der Waals surface area (Å²) in [5.41, 5.74) is 0.0452. The number of allylic oxidation sites excluding steroid dienone is 1. The Morgan fingerprint density at radius 1 is 1.29 bits per heavy atom. The van der Waals surface area contributed by atoms with Crippen molar-refractivity contribution in [1.82, 2.24) is 0 Å². The molecule has 0 radical (unpaired) electrons. The molecule has 3 aliphatic rings. The molecule has 2 saturated carbocycles. The second kappa shape index (κ2) is 5.14. The third-order valence-corrected chi connectivity index (χ3v) is 6.52. The quantitative estimate of drug-likeness (QED) is 0.554. The van der Waals surface area contributed by atoms with Gasteiger partial charge in [0.1, 0.15) is 6.10 Å². The molecule has 3 aliphatic carbocycles. The van der Waals surface area contributed by atoms with Crippen LogP contribution in [0.25, 0.3) is 0 Å². The Kier molecular flexibility index (Phi) is 3.70. The monoisotopic (exact) mass is 290 g/mol. The minimum Gasteiger partial charge on any atom is -0.462 e. The molecule has 21 heavy (non-hydrogen) atoms. The van der Waals surface area contributed by atoms with Crippen LogP contribution in [0.5, 0.6) is 0 Å². The minimum absolute atomic E-state index is 0.0592. The molecule has 0 aliphatic heterocycles. The van der Waals surface area contributed by atoms with E-state index in [-0.39, 0.29) is 17.5 Å². The summed E-state index contributed by atoms with van der Waals surface area (Å²) in [4.78, 5) is 12.7. The van der Waals surface area contributed by atoms with Crippen LogP contribution in [0.15, 0.2) is 12.2 Å². The molecule has 0 aromatic carbocycles. The zero-order chi connectivity index (χ0) is 15.3. The second-order valence-electron chi connectivity index (χ2n) is 8.60. The third kappa shape index (κ3) is 2.66. The molecule has 0 amide bonds. The molecule has 3 rings (SSSR count). The van der Waals surface area contributed by atoms with E-state index in [4.69, 9.17) is 4.74 Å². The molecule has 0 heterocycles. The summed E-state index contributed by atoms with van der Waals surface area (Å²) in [6.07, 6.45) is 11.0. The number of esters is 1. The van der Waals surface area contributed by atoms with Crippen LogP contribution in [0, 0.1) is 28.6 Å². The molecular weight excluding hydrogens is 260 g/mol. The highest BCUT2D eigenvalue weighted by molar-refractivity contribution is 5.80. The van der Waals surface area contributed by atoms with E-state index in [9.17, 15) is 4.79 Å². The number of ether oxygens (including phenoxy) is 1. The van der Waals surface area contributed by atoms with Gasteiger partial charge in [-0.3, -0.25) is 4.79 Å². The highest BCUT2D eigenvalue weighted by Gasteiger charge is 2.49. The van der Waals surface area contributed by atoms with E-state index in [0.29, 0.717) is 23.2 Å². The van der Waals surface area contributed by atoms with Crippen LogP contribution in [0.1, 0.15) is 66.2 Å². The first kappa shape index (κ1) is 15.1. The summed E-state index contributed by atoms with van der Waals surface area (Å²) in [5.74, 6) is 1.98. The van der Waals surface area contributed by atoms with Crippen molar-refractivity contribution in [3.05, 3.63) is 12.2 Å². The molecule has 0 N–H and O–H groups in total. The van der Waals surface area contributed by atoms with E-state index >= 15 is 0 Å². The van der Waals surface area contributed by atoms with Gasteiger partial charge in [-0.05, 0) is 61.7 Å². The van der Waals surface area contributed by atoms with Gasteiger partial charge in [-0.1, -0.05) is 39.8 Å². The molecule has 2 fully saturated rings. The van der Waals surface area contributed by atoms with E-state index in [2.05, 4.69) is 39.8 Å². The van der Waals surface area contributed by atoms with Crippen LogP contribution in [-0.2, 0) is 9.53 Å².